The van der Waals surface area contributed by atoms with Gasteiger partial charge in [0.2, 0.25) is 5.91 Å². The van der Waals surface area contributed by atoms with Crippen LogP contribution in [0.3, 0.4) is 0 Å². The number of hydrogen-bond acceptors (Lipinski definition) is 2. The van der Waals surface area contributed by atoms with E-state index >= 15 is 0 Å². The number of benzene rings is 2. The molecule has 0 atom stereocenters. The quantitative estimate of drug-likeness (QED) is 0.756. The predicted molar refractivity (Wildman–Crippen MR) is 102 cm³/mol. The zero-order valence-electron chi connectivity index (χ0n) is 15.6. The molecule has 0 fully saturated rings. The second kappa shape index (κ2) is 7.28. The highest BCUT2D eigenvalue weighted by molar-refractivity contribution is 5.82. The van der Waals surface area contributed by atoms with Gasteiger partial charge in [0.1, 0.15) is 18.2 Å². The van der Waals surface area contributed by atoms with Gasteiger partial charge in [-0.05, 0) is 62.6 Å². The molecule has 1 N–H and O–H groups in total. The molecule has 0 saturated heterocycles. The van der Waals surface area contributed by atoms with Crippen molar-refractivity contribution in [2.24, 2.45) is 0 Å². The SMILES string of the molecule is Cc1cc2nc(Cc3ccccc3F)n(CC(=O)NC(C)C)c2cc1C. The van der Waals surface area contributed by atoms with Gasteiger partial charge in [-0.2, -0.15) is 0 Å². The lowest BCUT2D eigenvalue weighted by molar-refractivity contribution is -0.122. The molecular formula is C21H24FN3O. The van der Waals surface area contributed by atoms with Crippen molar-refractivity contribution < 1.29 is 9.18 Å². The number of aryl methyl sites for hydroxylation is 2. The summed E-state index contributed by atoms with van der Waals surface area (Å²) in [4.78, 5) is 17.1. The van der Waals surface area contributed by atoms with Crippen LogP contribution in [0, 0.1) is 19.7 Å². The smallest absolute Gasteiger partial charge is 0.240 e. The molecule has 136 valence electrons. The summed E-state index contributed by atoms with van der Waals surface area (Å²) < 4.78 is 16.0. The van der Waals surface area contributed by atoms with Gasteiger partial charge in [-0.3, -0.25) is 4.79 Å². The summed E-state index contributed by atoms with van der Waals surface area (Å²) in [5.41, 5.74) is 4.59. The fourth-order valence-electron chi connectivity index (χ4n) is 3.06. The average molecular weight is 353 g/mol. The van der Waals surface area contributed by atoms with E-state index in [1.54, 1.807) is 12.1 Å². The number of nitrogens with one attached hydrogen (secondary N) is 1. The third-order valence-electron chi connectivity index (χ3n) is 4.50. The largest absolute Gasteiger partial charge is 0.352 e. The molecule has 0 saturated carbocycles. The maximum Gasteiger partial charge on any atom is 0.240 e. The van der Waals surface area contributed by atoms with Gasteiger partial charge >= 0.3 is 0 Å². The van der Waals surface area contributed by atoms with Crippen molar-refractivity contribution in [1.82, 2.24) is 14.9 Å². The van der Waals surface area contributed by atoms with Crippen LogP contribution in [0.2, 0.25) is 0 Å². The van der Waals surface area contributed by atoms with Crippen molar-refractivity contribution in [3.8, 4) is 0 Å². The summed E-state index contributed by atoms with van der Waals surface area (Å²) in [6, 6.07) is 10.8. The second-order valence-electron chi connectivity index (χ2n) is 7.03. The Morgan fingerprint density at radius 3 is 2.58 bits per heavy atom. The van der Waals surface area contributed by atoms with Gasteiger partial charge in [0, 0.05) is 12.5 Å². The molecule has 0 bridgehead atoms. The normalized spacial score (nSPS) is 11.3. The van der Waals surface area contributed by atoms with Crippen LogP contribution >= 0.6 is 0 Å². The van der Waals surface area contributed by atoms with Crippen LogP contribution in [0.25, 0.3) is 11.0 Å². The molecule has 5 heteroatoms. The van der Waals surface area contributed by atoms with Crippen LogP contribution in [0.5, 0.6) is 0 Å². The van der Waals surface area contributed by atoms with E-state index in [-0.39, 0.29) is 24.3 Å². The van der Waals surface area contributed by atoms with E-state index in [2.05, 4.69) is 5.32 Å². The van der Waals surface area contributed by atoms with Gasteiger partial charge in [0.05, 0.1) is 11.0 Å². The third-order valence-corrected chi connectivity index (χ3v) is 4.50. The van der Waals surface area contributed by atoms with Crippen molar-refractivity contribution in [3.63, 3.8) is 0 Å². The number of nitrogens with zero attached hydrogens (tertiary/aromatic N) is 2. The monoisotopic (exact) mass is 353 g/mol. The fourth-order valence-corrected chi connectivity index (χ4v) is 3.06. The van der Waals surface area contributed by atoms with Crippen molar-refractivity contribution >= 4 is 16.9 Å². The Morgan fingerprint density at radius 1 is 1.19 bits per heavy atom. The van der Waals surface area contributed by atoms with Crippen molar-refractivity contribution in [3.05, 3.63) is 64.7 Å². The Hall–Kier alpha value is -2.69. The molecule has 1 heterocycles. The molecule has 3 rings (SSSR count). The number of imidazole rings is 1. The third kappa shape index (κ3) is 3.77. The second-order valence-corrected chi connectivity index (χ2v) is 7.03. The maximum atomic E-state index is 14.1. The molecule has 0 radical (unpaired) electrons. The van der Waals surface area contributed by atoms with Crippen LogP contribution in [0.4, 0.5) is 4.39 Å². The Morgan fingerprint density at radius 2 is 1.88 bits per heavy atom. The molecule has 0 unspecified atom stereocenters. The first-order chi connectivity index (χ1) is 12.3. The van der Waals surface area contributed by atoms with Gasteiger partial charge in [-0.25, -0.2) is 9.37 Å². The first kappa shape index (κ1) is 18.1. The molecule has 2 aromatic carbocycles. The topological polar surface area (TPSA) is 46.9 Å². The summed E-state index contributed by atoms with van der Waals surface area (Å²) in [5.74, 6) is 0.353. The minimum Gasteiger partial charge on any atom is -0.352 e. The molecule has 1 amide bonds. The number of aromatic nitrogens is 2. The van der Waals surface area contributed by atoms with Gasteiger partial charge < -0.3 is 9.88 Å². The molecule has 1 aromatic heterocycles. The number of hydrogen-bond donors (Lipinski definition) is 1. The van der Waals surface area contributed by atoms with Crippen LogP contribution < -0.4 is 5.32 Å². The average Bonchev–Trinajstić information content (AvgIpc) is 2.86. The highest BCUT2D eigenvalue weighted by Crippen LogP contribution is 2.23. The first-order valence-electron chi connectivity index (χ1n) is 8.84. The Bertz CT molecular complexity index is 959. The maximum absolute atomic E-state index is 14.1. The number of carbonyl (C=O) groups is 1. The zero-order chi connectivity index (χ0) is 18.8. The standard InChI is InChI=1S/C21H24FN3O/c1-13(2)23-21(26)12-25-19-10-15(4)14(3)9-18(19)24-20(25)11-16-7-5-6-8-17(16)22/h5-10,13H,11-12H2,1-4H3,(H,23,26). The lowest BCUT2D eigenvalue weighted by Gasteiger charge is -2.12. The molecule has 4 nitrogen and oxygen atoms in total. The highest BCUT2D eigenvalue weighted by atomic mass is 19.1. The van der Waals surface area contributed by atoms with E-state index in [1.165, 1.54) is 6.07 Å². The summed E-state index contributed by atoms with van der Waals surface area (Å²) in [7, 11) is 0. The molecule has 3 aromatic rings. The Labute approximate surface area is 153 Å². The predicted octanol–water partition coefficient (Wildman–Crippen LogP) is 3.91. The zero-order valence-corrected chi connectivity index (χ0v) is 15.6. The van der Waals surface area contributed by atoms with Crippen LogP contribution in [-0.2, 0) is 17.8 Å². The molecule has 0 aliphatic rings. The van der Waals surface area contributed by atoms with Crippen LogP contribution in [0.1, 0.15) is 36.4 Å². The minimum atomic E-state index is -0.259. The van der Waals surface area contributed by atoms with E-state index in [0.717, 1.165) is 22.2 Å². The van der Waals surface area contributed by atoms with Gasteiger partial charge in [0.25, 0.3) is 0 Å². The Balaban J connectivity index is 2.07. The Kier molecular flexibility index (Phi) is 5.07. The molecule has 0 aliphatic carbocycles. The van der Waals surface area contributed by atoms with Crippen LogP contribution in [-0.4, -0.2) is 21.5 Å². The van der Waals surface area contributed by atoms with Gasteiger partial charge in [-0.1, -0.05) is 18.2 Å². The molecule has 0 spiro atoms. The highest BCUT2D eigenvalue weighted by Gasteiger charge is 2.16. The van der Waals surface area contributed by atoms with Crippen molar-refractivity contribution in [1.29, 1.82) is 0 Å². The summed E-state index contributed by atoms with van der Waals surface area (Å²) in [6.45, 7) is 8.10. The first-order valence-corrected chi connectivity index (χ1v) is 8.84. The molecule has 0 aliphatic heterocycles. The number of carbonyl (C=O) groups excluding carboxylic acids is 1. The summed E-state index contributed by atoms with van der Waals surface area (Å²) in [5, 5.41) is 2.91. The van der Waals surface area contributed by atoms with Crippen LogP contribution in [0.15, 0.2) is 36.4 Å². The van der Waals surface area contributed by atoms with E-state index in [9.17, 15) is 9.18 Å². The lowest BCUT2D eigenvalue weighted by atomic mass is 10.1. The minimum absolute atomic E-state index is 0.0660. The summed E-state index contributed by atoms with van der Waals surface area (Å²) >= 11 is 0. The fraction of sp³-hybridized carbons (Fsp3) is 0.333. The summed E-state index contributed by atoms with van der Waals surface area (Å²) in [6.07, 6.45) is 0.342. The van der Waals surface area contributed by atoms with E-state index < -0.39 is 0 Å². The number of halogens is 1. The molecule has 26 heavy (non-hydrogen) atoms. The number of rotatable bonds is 5. The van der Waals surface area contributed by atoms with E-state index in [4.69, 9.17) is 4.98 Å². The van der Waals surface area contributed by atoms with E-state index in [0.29, 0.717) is 17.8 Å². The number of amides is 1. The molecular weight excluding hydrogens is 329 g/mol. The van der Waals surface area contributed by atoms with Crippen molar-refractivity contribution in [2.75, 3.05) is 0 Å². The van der Waals surface area contributed by atoms with E-state index in [1.807, 2.05) is 50.5 Å². The number of fused-ring (bicyclic) bond motifs is 1. The van der Waals surface area contributed by atoms with Gasteiger partial charge in [-0.15, -0.1) is 0 Å². The van der Waals surface area contributed by atoms with Gasteiger partial charge in [0.15, 0.2) is 0 Å². The van der Waals surface area contributed by atoms with Crippen molar-refractivity contribution in [2.45, 2.75) is 46.7 Å². The lowest BCUT2D eigenvalue weighted by Crippen LogP contribution is -2.33.